The Labute approximate surface area is 295 Å². The van der Waals surface area contributed by atoms with Crippen LogP contribution in [0.1, 0.15) is 0 Å². The van der Waals surface area contributed by atoms with E-state index in [1.54, 1.807) is 0 Å². The number of para-hydroxylation sites is 1. The van der Waals surface area contributed by atoms with Crippen LogP contribution in [-0.2, 0) is 0 Å². The number of hydrogen-bond donors (Lipinski definition) is 0. The van der Waals surface area contributed by atoms with Gasteiger partial charge in [-0.25, -0.2) is 9.97 Å². The van der Waals surface area contributed by atoms with Crippen molar-refractivity contribution in [2.75, 3.05) is 0 Å². The molecular weight excluding hydrogens is 698 g/mol. The minimum absolute atomic E-state index is 0.682. The van der Waals surface area contributed by atoms with Crippen LogP contribution >= 0.6 is 27.3 Å². The summed E-state index contributed by atoms with van der Waals surface area (Å²) in [7, 11) is 0. The third-order valence-corrected chi connectivity index (χ3v) is 12.2. The molecule has 50 heavy (non-hydrogen) atoms. The predicted molar refractivity (Wildman–Crippen MR) is 214 cm³/mol. The number of rotatable bonds is 1. The Morgan fingerprint density at radius 3 is 1.98 bits per heavy atom. The molecule has 12 aromatic rings. The van der Waals surface area contributed by atoms with Gasteiger partial charge in [-0.1, -0.05) is 109 Å². The molecule has 232 valence electrons. The summed E-state index contributed by atoms with van der Waals surface area (Å²) in [5.74, 6) is 0.764. The van der Waals surface area contributed by atoms with E-state index in [9.17, 15) is 0 Å². The first-order valence-corrected chi connectivity index (χ1v) is 18.2. The van der Waals surface area contributed by atoms with Crippen LogP contribution in [0.25, 0.3) is 113 Å². The van der Waals surface area contributed by atoms with Crippen LogP contribution in [-0.4, -0.2) is 14.5 Å². The summed E-state index contributed by atoms with van der Waals surface area (Å²) in [6.45, 7) is 0. The maximum absolute atomic E-state index is 6.49. The molecule has 0 aliphatic heterocycles. The number of furan rings is 1. The Morgan fingerprint density at radius 2 is 1.16 bits per heavy atom. The van der Waals surface area contributed by atoms with E-state index in [2.05, 4.69) is 148 Å². The predicted octanol–water partition coefficient (Wildman–Crippen LogP) is 13.2. The van der Waals surface area contributed by atoms with E-state index >= 15 is 0 Å². The molecule has 0 aliphatic carbocycles. The second kappa shape index (κ2) is 9.66. The molecule has 0 aliphatic rings. The highest BCUT2D eigenvalue weighted by atomic mass is 79.9. The van der Waals surface area contributed by atoms with Crippen LogP contribution in [0, 0.1) is 0 Å². The van der Waals surface area contributed by atoms with Crippen molar-refractivity contribution in [1.82, 2.24) is 14.5 Å². The third kappa shape index (κ3) is 3.44. The van der Waals surface area contributed by atoms with Crippen molar-refractivity contribution in [3.05, 3.63) is 138 Å². The molecule has 4 heterocycles. The average Bonchev–Trinajstić information content (AvgIpc) is 3.84. The first kappa shape index (κ1) is 27.1. The molecule has 4 aromatic heterocycles. The lowest BCUT2D eigenvalue weighted by molar-refractivity contribution is 0.673. The van der Waals surface area contributed by atoms with Gasteiger partial charge < -0.3 is 4.42 Å². The Kier molecular flexibility index (Phi) is 5.23. The Hall–Kier alpha value is -5.82. The fourth-order valence-electron chi connectivity index (χ4n) is 8.29. The minimum Gasteiger partial charge on any atom is -0.455 e. The minimum atomic E-state index is 0.682. The molecule has 0 unspecified atom stereocenters. The van der Waals surface area contributed by atoms with Crippen LogP contribution in [0.5, 0.6) is 0 Å². The van der Waals surface area contributed by atoms with Crippen molar-refractivity contribution in [2.24, 2.45) is 0 Å². The van der Waals surface area contributed by atoms with Crippen LogP contribution in [0.2, 0.25) is 0 Å². The summed E-state index contributed by atoms with van der Waals surface area (Å²) in [4.78, 5) is 10.6. The van der Waals surface area contributed by atoms with Gasteiger partial charge in [0.15, 0.2) is 5.82 Å². The average molecular weight is 721 g/mol. The van der Waals surface area contributed by atoms with Gasteiger partial charge in [0.25, 0.3) is 0 Å². The van der Waals surface area contributed by atoms with Gasteiger partial charge in [0.2, 0.25) is 0 Å². The van der Waals surface area contributed by atoms with E-state index in [1.165, 1.54) is 52.5 Å². The van der Waals surface area contributed by atoms with E-state index in [0.29, 0.717) is 4.60 Å². The number of benzene rings is 8. The van der Waals surface area contributed by atoms with E-state index in [4.69, 9.17) is 14.4 Å². The largest absolute Gasteiger partial charge is 0.455 e. The molecule has 6 heteroatoms. The molecule has 12 rings (SSSR count). The molecule has 0 amide bonds. The second-order valence-electron chi connectivity index (χ2n) is 13.0. The molecular formula is C44H22BrN3OS. The standard InChI is InChI=1S/C44H22BrN3OS/c45-43-44(47-33-21-32-29-19-17-23-9-1-3-11-25(23)40(29)49-36(32)22-34(33)46-43)48-35-16-8-7-15-30(35)37-27-13-5-6-14-28(27)38-31-20-18-24-10-2-4-12-26(24)41(31)50-42(38)39(37)48/h1-22H. The van der Waals surface area contributed by atoms with E-state index < -0.39 is 0 Å². The normalized spacial score (nSPS) is 12.5. The summed E-state index contributed by atoms with van der Waals surface area (Å²) in [5.41, 5.74) is 5.54. The maximum atomic E-state index is 6.49. The van der Waals surface area contributed by atoms with Gasteiger partial charge in [0.05, 0.1) is 26.8 Å². The molecule has 0 radical (unpaired) electrons. The smallest absolute Gasteiger partial charge is 0.171 e. The monoisotopic (exact) mass is 719 g/mol. The number of thiophene rings is 1. The first-order valence-electron chi connectivity index (χ1n) is 16.6. The van der Waals surface area contributed by atoms with Crippen LogP contribution in [0.3, 0.4) is 0 Å². The summed E-state index contributed by atoms with van der Waals surface area (Å²) in [6.07, 6.45) is 0. The van der Waals surface area contributed by atoms with Crippen molar-refractivity contribution < 1.29 is 4.42 Å². The topological polar surface area (TPSA) is 43.9 Å². The fraction of sp³-hybridized carbons (Fsp3) is 0. The summed E-state index contributed by atoms with van der Waals surface area (Å²) >= 11 is 5.78. The van der Waals surface area contributed by atoms with Crippen LogP contribution < -0.4 is 0 Å². The maximum Gasteiger partial charge on any atom is 0.171 e. The molecule has 0 fully saturated rings. The highest BCUT2D eigenvalue weighted by molar-refractivity contribution is 9.10. The number of hydrogen-bond acceptors (Lipinski definition) is 4. The molecule has 8 aromatic carbocycles. The second-order valence-corrected chi connectivity index (χ2v) is 14.8. The van der Waals surface area contributed by atoms with Gasteiger partial charge in [0.1, 0.15) is 15.8 Å². The van der Waals surface area contributed by atoms with Crippen molar-refractivity contribution in [3.8, 4) is 5.82 Å². The molecule has 0 N–H and O–H groups in total. The Balaban J connectivity index is 1.24. The Bertz CT molecular complexity index is 3460. The summed E-state index contributed by atoms with van der Waals surface area (Å²) in [6, 6.07) is 47.7. The van der Waals surface area contributed by atoms with Gasteiger partial charge in [-0.2, -0.15) is 0 Å². The quantitative estimate of drug-likeness (QED) is 0.170. The Morgan fingerprint density at radius 1 is 0.520 bits per heavy atom. The van der Waals surface area contributed by atoms with Gasteiger partial charge >= 0.3 is 0 Å². The van der Waals surface area contributed by atoms with Gasteiger partial charge in [-0.3, -0.25) is 4.57 Å². The third-order valence-electron chi connectivity index (χ3n) is 10.4. The fourth-order valence-corrected chi connectivity index (χ4v) is 10.1. The summed E-state index contributed by atoms with van der Waals surface area (Å²) < 4.78 is 12.1. The first-order chi connectivity index (χ1) is 24.7. The van der Waals surface area contributed by atoms with Gasteiger partial charge in [0, 0.05) is 48.5 Å². The van der Waals surface area contributed by atoms with E-state index in [1.807, 2.05) is 17.4 Å². The van der Waals surface area contributed by atoms with Crippen molar-refractivity contribution >= 4 is 135 Å². The molecule has 0 spiro atoms. The lowest BCUT2D eigenvalue weighted by Crippen LogP contribution is -2.01. The van der Waals surface area contributed by atoms with Crippen LogP contribution in [0.15, 0.2) is 142 Å². The van der Waals surface area contributed by atoms with Crippen LogP contribution in [0.4, 0.5) is 0 Å². The zero-order chi connectivity index (χ0) is 32.7. The van der Waals surface area contributed by atoms with Gasteiger partial charge in [-0.05, 0) is 61.1 Å². The molecule has 0 saturated heterocycles. The van der Waals surface area contributed by atoms with Gasteiger partial charge in [-0.15, -0.1) is 11.3 Å². The van der Waals surface area contributed by atoms with Crippen molar-refractivity contribution in [2.45, 2.75) is 0 Å². The van der Waals surface area contributed by atoms with Crippen molar-refractivity contribution in [3.63, 3.8) is 0 Å². The van der Waals surface area contributed by atoms with E-state index in [0.717, 1.165) is 60.6 Å². The highest BCUT2D eigenvalue weighted by Gasteiger charge is 2.24. The lowest BCUT2D eigenvalue weighted by atomic mass is 9.98. The SMILES string of the molecule is Brc1nc2cc3oc4c5ccccc5ccc4c3cc2nc1-n1c2ccccc2c2c3ccccc3c3c4ccc5ccccc5c4sc3c21. The van der Waals surface area contributed by atoms with E-state index in [-0.39, 0.29) is 0 Å². The zero-order valence-corrected chi connectivity index (χ0v) is 28.6. The number of nitrogens with zero attached hydrogens (tertiary/aromatic N) is 3. The molecule has 0 bridgehead atoms. The molecule has 0 atom stereocenters. The summed E-state index contributed by atoms with van der Waals surface area (Å²) in [5, 5.41) is 14.4. The number of fused-ring (bicyclic) bond motifs is 18. The number of aromatic nitrogens is 3. The number of halogens is 1. The zero-order valence-electron chi connectivity index (χ0n) is 26.2. The lowest BCUT2D eigenvalue weighted by Gasteiger charge is -2.11. The molecule has 4 nitrogen and oxygen atoms in total. The van der Waals surface area contributed by atoms with Crippen molar-refractivity contribution in [1.29, 1.82) is 0 Å². The molecule has 0 saturated carbocycles. The highest BCUT2D eigenvalue weighted by Crippen LogP contribution is 2.49.